The number of thioether (sulfide) groups is 1. The van der Waals surface area contributed by atoms with Crippen LogP contribution in [0.4, 0.5) is 4.39 Å². The molecule has 1 aromatic rings. The molecule has 88 valence electrons. The van der Waals surface area contributed by atoms with Crippen LogP contribution in [0.1, 0.15) is 12.0 Å². The number of nitrogens with two attached hydrogens (primary N) is 1. The van der Waals surface area contributed by atoms with Crippen molar-refractivity contribution in [2.24, 2.45) is 5.73 Å². The van der Waals surface area contributed by atoms with Gasteiger partial charge in [0.05, 0.1) is 0 Å². The molecule has 2 nitrogen and oxygen atoms in total. The molecule has 1 aliphatic rings. The zero-order chi connectivity index (χ0) is 11.4. The van der Waals surface area contributed by atoms with E-state index in [0.29, 0.717) is 0 Å². The molecule has 1 unspecified atom stereocenters. The van der Waals surface area contributed by atoms with Gasteiger partial charge in [0, 0.05) is 17.7 Å². The van der Waals surface area contributed by atoms with Crippen LogP contribution in [0.3, 0.4) is 0 Å². The molecule has 0 aliphatic carbocycles. The molecule has 0 fully saturated rings. The van der Waals surface area contributed by atoms with Crippen LogP contribution in [0.15, 0.2) is 18.2 Å². The zero-order valence-electron chi connectivity index (χ0n) is 9.12. The maximum atomic E-state index is 13.0. The lowest BCUT2D eigenvalue weighted by Crippen LogP contribution is -2.16. The van der Waals surface area contributed by atoms with E-state index < -0.39 is 0 Å². The van der Waals surface area contributed by atoms with Gasteiger partial charge in [-0.25, -0.2) is 4.39 Å². The summed E-state index contributed by atoms with van der Waals surface area (Å²) < 4.78 is 18.7. The maximum absolute atomic E-state index is 13.0. The summed E-state index contributed by atoms with van der Waals surface area (Å²) in [5, 5.41) is 0. The smallest absolute Gasteiger partial charge is 0.123 e. The fourth-order valence-electron chi connectivity index (χ4n) is 1.78. The summed E-state index contributed by atoms with van der Waals surface area (Å²) in [4.78, 5) is 0. The third-order valence-electron chi connectivity index (χ3n) is 2.56. The van der Waals surface area contributed by atoms with Gasteiger partial charge in [0.25, 0.3) is 0 Å². The number of halogens is 1. The molecular formula is C12H16FNOS. The van der Waals surface area contributed by atoms with Crippen LogP contribution in [-0.2, 0) is 6.42 Å². The van der Waals surface area contributed by atoms with Crippen LogP contribution in [0.25, 0.3) is 0 Å². The lowest BCUT2D eigenvalue weighted by molar-refractivity contribution is 0.259. The van der Waals surface area contributed by atoms with Crippen molar-refractivity contribution >= 4 is 11.8 Å². The lowest BCUT2D eigenvalue weighted by atomic mass is 10.1. The van der Waals surface area contributed by atoms with Crippen LogP contribution in [0.5, 0.6) is 5.75 Å². The molecule has 1 heterocycles. The summed E-state index contributed by atoms with van der Waals surface area (Å²) in [7, 11) is 0. The van der Waals surface area contributed by atoms with Gasteiger partial charge in [-0.3, -0.25) is 0 Å². The summed E-state index contributed by atoms with van der Waals surface area (Å²) in [5.41, 5.74) is 6.41. The van der Waals surface area contributed by atoms with Gasteiger partial charge in [0.2, 0.25) is 0 Å². The van der Waals surface area contributed by atoms with Gasteiger partial charge in [0.15, 0.2) is 0 Å². The minimum absolute atomic E-state index is 0.182. The zero-order valence-corrected chi connectivity index (χ0v) is 9.93. The van der Waals surface area contributed by atoms with Gasteiger partial charge in [-0.05, 0) is 36.9 Å². The van der Waals surface area contributed by atoms with Crippen molar-refractivity contribution in [1.29, 1.82) is 0 Å². The van der Waals surface area contributed by atoms with E-state index in [9.17, 15) is 4.39 Å². The van der Waals surface area contributed by atoms with E-state index in [1.165, 1.54) is 6.07 Å². The predicted molar refractivity (Wildman–Crippen MR) is 65.5 cm³/mol. The Kier molecular flexibility index (Phi) is 4.07. The Morgan fingerprint density at radius 2 is 2.38 bits per heavy atom. The van der Waals surface area contributed by atoms with Crippen LogP contribution in [-0.4, -0.2) is 24.2 Å². The first-order chi connectivity index (χ1) is 7.79. The molecule has 16 heavy (non-hydrogen) atoms. The van der Waals surface area contributed by atoms with Crippen molar-refractivity contribution in [3.05, 3.63) is 29.6 Å². The van der Waals surface area contributed by atoms with Gasteiger partial charge in [0.1, 0.15) is 17.7 Å². The Bertz CT molecular complexity index is 359. The standard InChI is InChI=1S/C12H16FNOS/c13-10-2-3-12-9(6-10)7-11(15-12)8-16-5-1-4-14/h2-3,6,11H,1,4-5,7-8,14H2. The van der Waals surface area contributed by atoms with Gasteiger partial charge in [-0.2, -0.15) is 11.8 Å². The molecule has 0 spiro atoms. The highest BCUT2D eigenvalue weighted by atomic mass is 32.2. The topological polar surface area (TPSA) is 35.2 Å². The number of fused-ring (bicyclic) bond motifs is 1. The summed E-state index contributed by atoms with van der Waals surface area (Å²) in [6.07, 6.45) is 2.06. The highest BCUT2D eigenvalue weighted by Crippen LogP contribution is 2.30. The third-order valence-corrected chi connectivity index (χ3v) is 3.75. The number of benzene rings is 1. The van der Waals surface area contributed by atoms with Crippen molar-refractivity contribution in [3.63, 3.8) is 0 Å². The number of rotatable bonds is 5. The largest absolute Gasteiger partial charge is 0.489 e. The van der Waals surface area contributed by atoms with Crippen LogP contribution in [0.2, 0.25) is 0 Å². The molecule has 0 bridgehead atoms. The second-order valence-corrected chi connectivity index (χ2v) is 5.06. The quantitative estimate of drug-likeness (QED) is 0.803. The molecule has 0 saturated heterocycles. The van der Waals surface area contributed by atoms with Crippen LogP contribution < -0.4 is 10.5 Å². The predicted octanol–water partition coefficient (Wildman–Crippen LogP) is 2.21. The van der Waals surface area contributed by atoms with Crippen molar-refractivity contribution in [1.82, 2.24) is 0 Å². The first kappa shape index (κ1) is 11.7. The summed E-state index contributed by atoms with van der Waals surface area (Å²) >= 11 is 1.85. The Morgan fingerprint density at radius 3 is 3.19 bits per heavy atom. The highest BCUT2D eigenvalue weighted by molar-refractivity contribution is 7.99. The molecule has 4 heteroatoms. The molecule has 1 aromatic carbocycles. The molecule has 1 atom stereocenters. The van der Waals surface area contributed by atoms with E-state index in [1.54, 1.807) is 12.1 Å². The first-order valence-corrected chi connectivity index (χ1v) is 6.68. The summed E-state index contributed by atoms with van der Waals surface area (Å²) in [5.74, 6) is 2.68. The Hall–Kier alpha value is -0.740. The third kappa shape index (κ3) is 2.89. The second-order valence-electron chi connectivity index (χ2n) is 3.91. The molecule has 0 radical (unpaired) electrons. The van der Waals surface area contributed by atoms with E-state index in [0.717, 1.165) is 42.2 Å². The Balaban J connectivity index is 1.81. The fourth-order valence-corrected chi connectivity index (χ4v) is 2.77. The van der Waals surface area contributed by atoms with Crippen LogP contribution in [0, 0.1) is 5.82 Å². The minimum Gasteiger partial charge on any atom is -0.489 e. The normalized spacial score (nSPS) is 18.2. The molecule has 1 aliphatic heterocycles. The lowest BCUT2D eigenvalue weighted by Gasteiger charge is -2.09. The summed E-state index contributed by atoms with van der Waals surface area (Å²) in [6, 6.07) is 4.73. The van der Waals surface area contributed by atoms with E-state index in [1.807, 2.05) is 11.8 Å². The van der Waals surface area contributed by atoms with Crippen molar-refractivity contribution < 1.29 is 9.13 Å². The van der Waals surface area contributed by atoms with E-state index in [2.05, 4.69) is 0 Å². The highest BCUT2D eigenvalue weighted by Gasteiger charge is 2.22. The van der Waals surface area contributed by atoms with Crippen molar-refractivity contribution in [2.45, 2.75) is 18.9 Å². The first-order valence-electron chi connectivity index (χ1n) is 5.52. The second kappa shape index (κ2) is 5.55. The van der Waals surface area contributed by atoms with Gasteiger partial charge in [-0.15, -0.1) is 0 Å². The SMILES string of the molecule is NCCCSCC1Cc2cc(F)ccc2O1. The average Bonchev–Trinajstić information content (AvgIpc) is 2.66. The molecule has 0 aromatic heterocycles. The average molecular weight is 241 g/mol. The molecule has 2 rings (SSSR count). The van der Waals surface area contributed by atoms with Gasteiger partial charge < -0.3 is 10.5 Å². The van der Waals surface area contributed by atoms with Crippen LogP contribution >= 0.6 is 11.8 Å². The number of ether oxygens (including phenoxy) is 1. The van der Waals surface area contributed by atoms with Crippen molar-refractivity contribution in [2.75, 3.05) is 18.1 Å². The molecular weight excluding hydrogens is 225 g/mol. The summed E-state index contributed by atoms with van der Waals surface area (Å²) in [6.45, 7) is 0.740. The monoisotopic (exact) mass is 241 g/mol. The maximum Gasteiger partial charge on any atom is 0.123 e. The Morgan fingerprint density at radius 1 is 1.50 bits per heavy atom. The fraction of sp³-hybridized carbons (Fsp3) is 0.500. The molecule has 0 saturated carbocycles. The van der Waals surface area contributed by atoms with E-state index in [4.69, 9.17) is 10.5 Å². The number of hydrogen-bond donors (Lipinski definition) is 1. The molecule has 0 amide bonds. The van der Waals surface area contributed by atoms with E-state index in [-0.39, 0.29) is 11.9 Å². The molecule has 2 N–H and O–H groups in total. The van der Waals surface area contributed by atoms with E-state index >= 15 is 0 Å². The number of hydrogen-bond acceptors (Lipinski definition) is 3. The van der Waals surface area contributed by atoms with Gasteiger partial charge in [-0.1, -0.05) is 0 Å². The Labute approximate surface area is 99.4 Å². The van der Waals surface area contributed by atoms with Crippen molar-refractivity contribution in [3.8, 4) is 5.75 Å². The minimum atomic E-state index is -0.182. The van der Waals surface area contributed by atoms with Gasteiger partial charge >= 0.3 is 0 Å².